The van der Waals surface area contributed by atoms with E-state index < -0.39 is 0 Å². The first-order chi connectivity index (χ1) is 14.1. The van der Waals surface area contributed by atoms with E-state index in [1.54, 1.807) is 24.3 Å². The summed E-state index contributed by atoms with van der Waals surface area (Å²) in [6.07, 6.45) is 6.87. The molecule has 1 heterocycles. The first-order valence-corrected chi connectivity index (χ1v) is 10.9. The lowest BCUT2D eigenvalue weighted by Crippen LogP contribution is -2.30. The number of anilines is 1. The quantitative estimate of drug-likeness (QED) is 0.350. The van der Waals surface area contributed by atoms with Crippen molar-refractivity contribution in [3.05, 3.63) is 77.8 Å². The summed E-state index contributed by atoms with van der Waals surface area (Å²) < 4.78 is 8.30. The van der Waals surface area contributed by atoms with Crippen LogP contribution in [0.1, 0.15) is 12.0 Å². The SMILES string of the molecule is Nc1cccc(SC[C@@H](CO)OC(CCc2ccc(Cl)cc2)Cn2ccnc2)c1. The molecule has 1 aromatic heterocycles. The summed E-state index contributed by atoms with van der Waals surface area (Å²) in [5, 5.41) is 10.6. The van der Waals surface area contributed by atoms with Crippen molar-refractivity contribution in [3.8, 4) is 0 Å². The number of aliphatic hydroxyl groups is 1. The normalized spacial score (nSPS) is 13.3. The molecule has 0 saturated heterocycles. The largest absolute Gasteiger partial charge is 0.399 e. The van der Waals surface area contributed by atoms with Crippen molar-refractivity contribution in [2.75, 3.05) is 18.1 Å². The van der Waals surface area contributed by atoms with Crippen LogP contribution < -0.4 is 5.73 Å². The van der Waals surface area contributed by atoms with Gasteiger partial charge in [-0.1, -0.05) is 29.8 Å². The lowest BCUT2D eigenvalue weighted by atomic mass is 10.1. The van der Waals surface area contributed by atoms with E-state index in [-0.39, 0.29) is 18.8 Å². The smallest absolute Gasteiger partial charge is 0.0946 e. The van der Waals surface area contributed by atoms with Crippen LogP contribution in [0.3, 0.4) is 0 Å². The summed E-state index contributed by atoms with van der Waals surface area (Å²) in [7, 11) is 0. The number of aliphatic hydroxyl groups excluding tert-OH is 1. The Bertz CT molecular complexity index is 859. The van der Waals surface area contributed by atoms with Crippen molar-refractivity contribution >= 4 is 29.1 Å². The number of nitrogens with two attached hydrogens (primary N) is 1. The molecule has 154 valence electrons. The maximum absolute atomic E-state index is 9.85. The van der Waals surface area contributed by atoms with Crippen LogP contribution in [0.25, 0.3) is 0 Å². The Morgan fingerprint density at radius 2 is 2.00 bits per heavy atom. The van der Waals surface area contributed by atoms with Gasteiger partial charge in [-0.3, -0.25) is 0 Å². The summed E-state index contributed by atoms with van der Waals surface area (Å²) in [6.45, 7) is 0.656. The zero-order valence-electron chi connectivity index (χ0n) is 16.2. The third-order valence-electron chi connectivity index (χ3n) is 4.52. The predicted octanol–water partition coefficient (Wildman–Crippen LogP) is 4.29. The molecule has 29 heavy (non-hydrogen) atoms. The fourth-order valence-corrected chi connectivity index (χ4v) is 4.09. The van der Waals surface area contributed by atoms with Crippen molar-refractivity contribution < 1.29 is 9.84 Å². The molecular weight excluding hydrogens is 406 g/mol. The Morgan fingerprint density at radius 3 is 2.69 bits per heavy atom. The highest BCUT2D eigenvalue weighted by Gasteiger charge is 2.18. The molecule has 3 aromatic rings. The minimum absolute atomic E-state index is 0.0311. The molecule has 0 aliphatic heterocycles. The summed E-state index contributed by atoms with van der Waals surface area (Å²) in [5.41, 5.74) is 7.79. The van der Waals surface area contributed by atoms with Crippen LogP contribution in [0.15, 0.2) is 72.1 Å². The van der Waals surface area contributed by atoms with E-state index in [0.717, 1.165) is 28.4 Å². The van der Waals surface area contributed by atoms with Crippen molar-refractivity contribution in [2.45, 2.75) is 36.5 Å². The Morgan fingerprint density at radius 1 is 1.17 bits per heavy atom. The van der Waals surface area contributed by atoms with E-state index in [0.29, 0.717) is 12.3 Å². The van der Waals surface area contributed by atoms with Gasteiger partial charge in [-0.2, -0.15) is 0 Å². The molecular formula is C22H26ClN3O2S. The third kappa shape index (κ3) is 7.40. The van der Waals surface area contributed by atoms with E-state index >= 15 is 0 Å². The second-order valence-electron chi connectivity index (χ2n) is 6.87. The average Bonchev–Trinajstić information content (AvgIpc) is 3.23. The minimum Gasteiger partial charge on any atom is -0.399 e. The molecule has 0 amide bonds. The topological polar surface area (TPSA) is 73.3 Å². The van der Waals surface area contributed by atoms with Gasteiger partial charge in [-0.15, -0.1) is 11.8 Å². The molecule has 3 rings (SSSR count). The standard InChI is InChI=1S/C22H26ClN3O2S/c23-18-7-4-17(5-8-18)6-9-20(13-26-11-10-25-16-26)28-21(14-27)15-29-22-3-1-2-19(24)12-22/h1-5,7-8,10-12,16,20-21,27H,6,9,13-15,24H2/t20?,21-/m1/s1. The van der Waals surface area contributed by atoms with Gasteiger partial charge in [0, 0.05) is 40.3 Å². The van der Waals surface area contributed by atoms with Crippen LogP contribution in [0, 0.1) is 0 Å². The highest BCUT2D eigenvalue weighted by atomic mass is 35.5. The van der Waals surface area contributed by atoms with E-state index in [1.165, 1.54) is 5.56 Å². The molecule has 2 atom stereocenters. The number of nitrogens with zero attached hydrogens (tertiary/aromatic N) is 2. The van der Waals surface area contributed by atoms with Gasteiger partial charge in [0.15, 0.2) is 0 Å². The molecule has 0 aliphatic carbocycles. The summed E-state index contributed by atoms with van der Waals surface area (Å²) in [6, 6.07) is 15.6. The fourth-order valence-electron chi connectivity index (χ4n) is 3.01. The van der Waals surface area contributed by atoms with Gasteiger partial charge in [-0.25, -0.2) is 4.98 Å². The third-order valence-corrected chi connectivity index (χ3v) is 5.90. The molecule has 2 aromatic carbocycles. The van der Waals surface area contributed by atoms with E-state index in [4.69, 9.17) is 22.1 Å². The van der Waals surface area contributed by atoms with Crippen molar-refractivity contribution in [1.29, 1.82) is 0 Å². The Kier molecular flexibility index (Phi) is 8.43. The highest BCUT2D eigenvalue weighted by molar-refractivity contribution is 7.99. The molecule has 3 N–H and O–H groups in total. The molecule has 5 nitrogen and oxygen atoms in total. The van der Waals surface area contributed by atoms with Crippen LogP contribution in [-0.4, -0.2) is 39.2 Å². The van der Waals surface area contributed by atoms with Crippen molar-refractivity contribution in [3.63, 3.8) is 0 Å². The number of aryl methyl sites for hydroxylation is 1. The Balaban J connectivity index is 1.59. The van der Waals surface area contributed by atoms with Crippen LogP contribution >= 0.6 is 23.4 Å². The predicted molar refractivity (Wildman–Crippen MR) is 119 cm³/mol. The molecule has 0 fully saturated rings. The van der Waals surface area contributed by atoms with Gasteiger partial charge in [0.2, 0.25) is 0 Å². The molecule has 0 bridgehead atoms. The van der Waals surface area contributed by atoms with Gasteiger partial charge in [0.25, 0.3) is 0 Å². The molecule has 0 aliphatic rings. The van der Waals surface area contributed by atoms with Gasteiger partial charge < -0.3 is 20.1 Å². The summed E-state index contributed by atoms with van der Waals surface area (Å²) >= 11 is 7.61. The number of rotatable bonds is 11. The fraction of sp³-hybridized carbons (Fsp3) is 0.318. The number of hydrogen-bond donors (Lipinski definition) is 2. The molecule has 1 unspecified atom stereocenters. The Labute approximate surface area is 180 Å². The first kappa shape index (κ1) is 21.7. The van der Waals surface area contributed by atoms with Gasteiger partial charge in [0.05, 0.1) is 25.1 Å². The summed E-state index contributed by atoms with van der Waals surface area (Å²) in [4.78, 5) is 5.18. The maximum Gasteiger partial charge on any atom is 0.0946 e. The van der Waals surface area contributed by atoms with Gasteiger partial charge in [0.1, 0.15) is 0 Å². The van der Waals surface area contributed by atoms with Crippen molar-refractivity contribution in [2.24, 2.45) is 0 Å². The number of ether oxygens (including phenoxy) is 1. The number of imidazole rings is 1. The number of thioether (sulfide) groups is 1. The number of hydrogen-bond acceptors (Lipinski definition) is 5. The monoisotopic (exact) mass is 431 g/mol. The molecule has 7 heteroatoms. The highest BCUT2D eigenvalue weighted by Crippen LogP contribution is 2.23. The lowest BCUT2D eigenvalue weighted by Gasteiger charge is -2.24. The van der Waals surface area contributed by atoms with E-state index in [9.17, 15) is 5.11 Å². The van der Waals surface area contributed by atoms with Crippen LogP contribution in [0.4, 0.5) is 5.69 Å². The number of nitrogen functional groups attached to an aromatic ring is 1. The number of halogens is 1. The van der Waals surface area contributed by atoms with E-state index in [2.05, 4.69) is 4.98 Å². The molecule has 0 saturated carbocycles. The van der Waals surface area contributed by atoms with Crippen molar-refractivity contribution in [1.82, 2.24) is 9.55 Å². The summed E-state index contributed by atoms with van der Waals surface area (Å²) in [5.74, 6) is 0.654. The first-order valence-electron chi connectivity index (χ1n) is 9.57. The lowest BCUT2D eigenvalue weighted by molar-refractivity contribution is -0.0369. The van der Waals surface area contributed by atoms with E-state index in [1.807, 2.05) is 59.3 Å². The Hall–Kier alpha value is -1.99. The van der Waals surface area contributed by atoms with Crippen LogP contribution in [-0.2, 0) is 17.7 Å². The zero-order valence-corrected chi connectivity index (χ0v) is 17.7. The van der Waals surface area contributed by atoms with Gasteiger partial charge in [-0.05, 0) is 48.7 Å². The van der Waals surface area contributed by atoms with Crippen LogP contribution in [0.5, 0.6) is 0 Å². The zero-order chi connectivity index (χ0) is 20.5. The number of aromatic nitrogens is 2. The second-order valence-corrected chi connectivity index (χ2v) is 8.40. The maximum atomic E-state index is 9.85. The molecule has 0 radical (unpaired) electrons. The molecule has 0 spiro atoms. The van der Waals surface area contributed by atoms with Crippen LogP contribution in [0.2, 0.25) is 5.02 Å². The average molecular weight is 432 g/mol. The van der Waals surface area contributed by atoms with Gasteiger partial charge >= 0.3 is 0 Å². The number of benzene rings is 2. The second kappa shape index (κ2) is 11.3. The minimum atomic E-state index is -0.264.